The first kappa shape index (κ1) is 25.0. The van der Waals surface area contributed by atoms with Gasteiger partial charge in [0.2, 0.25) is 0 Å². The Morgan fingerprint density at radius 2 is 1.83 bits per heavy atom. The molecule has 2 amide bonds. The number of hydrogen-bond acceptors (Lipinski definition) is 7. The van der Waals surface area contributed by atoms with Gasteiger partial charge in [-0.3, -0.25) is 9.59 Å². The zero-order chi connectivity index (χ0) is 25.4. The van der Waals surface area contributed by atoms with Gasteiger partial charge in [0.25, 0.3) is 11.8 Å². The standard InChI is InChI=1S/C25H31N5O4S/c1-16(17-6-8-18(9-7-17)30-12-5-10-27-30)28-21(33)19(31)20(32)22(34)29-15-24(2,3)14-25(29,4)23-26-11-13-35-23/h5-13,16,19-20,31-32H,14-15H2,1-4H3,(H,28,33)/t16-,19-,20-,25-/m1/s1. The fraction of sp³-hybridized carbons (Fsp3) is 0.440. The lowest BCUT2D eigenvalue weighted by atomic mass is 9.85. The fourth-order valence-corrected chi connectivity index (χ4v) is 5.65. The van der Waals surface area contributed by atoms with E-state index in [1.807, 2.05) is 62.7 Å². The van der Waals surface area contributed by atoms with Crippen molar-refractivity contribution in [3.8, 4) is 5.69 Å². The molecule has 0 bridgehead atoms. The highest BCUT2D eigenvalue weighted by atomic mass is 32.1. The smallest absolute Gasteiger partial charge is 0.255 e. The Bertz CT molecular complexity index is 1160. The van der Waals surface area contributed by atoms with Crippen LogP contribution in [0.15, 0.2) is 54.3 Å². The number of aromatic nitrogens is 3. The number of likely N-dealkylation sites (tertiary alicyclic amines) is 1. The lowest BCUT2D eigenvalue weighted by Crippen LogP contribution is -2.54. The average molecular weight is 498 g/mol. The van der Waals surface area contributed by atoms with E-state index >= 15 is 0 Å². The molecule has 9 nitrogen and oxygen atoms in total. The van der Waals surface area contributed by atoms with Crippen LogP contribution in [0.25, 0.3) is 5.69 Å². The molecule has 4 atom stereocenters. The SMILES string of the molecule is C[C@@H](NC(=O)[C@H](O)[C@@H](O)C(=O)N1CC(C)(C)C[C@]1(C)c1nccs1)c1ccc(-n2cccn2)cc1. The molecule has 35 heavy (non-hydrogen) atoms. The number of aliphatic hydroxyl groups excluding tert-OH is 2. The van der Waals surface area contributed by atoms with E-state index < -0.39 is 35.6 Å². The van der Waals surface area contributed by atoms with Crippen molar-refractivity contribution in [1.82, 2.24) is 25.0 Å². The van der Waals surface area contributed by atoms with Crippen molar-refractivity contribution >= 4 is 23.2 Å². The van der Waals surface area contributed by atoms with Gasteiger partial charge in [-0.25, -0.2) is 9.67 Å². The summed E-state index contributed by atoms with van der Waals surface area (Å²) in [5, 5.41) is 30.8. The van der Waals surface area contributed by atoms with Gasteiger partial charge in [0.1, 0.15) is 5.01 Å². The first-order chi connectivity index (χ1) is 16.5. The molecular weight excluding hydrogens is 466 g/mol. The number of thiazole rings is 1. The van der Waals surface area contributed by atoms with Gasteiger partial charge >= 0.3 is 0 Å². The van der Waals surface area contributed by atoms with Crippen LogP contribution in [0.1, 0.15) is 50.7 Å². The molecule has 3 N–H and O–H groups in total. The molecule has 1 aliphatic heterocycles. The molecule has 0 aliphatic carbocycles. The molecule has 0 unspecified atom stereocenters. The number of aliphatic hydroxyl groups is 2. The van der Waals surface area contributed by atoms with Crippen molar-refractivity contribution in [1.29, 1.82) is 0 Å². The maximum absolute atomic E-state index is 13.3. The summed E-state index contributed by atoms with van der Waals surface area (Å²) in [5.74, 6) is -1.50. The maximum Gasteiger partial charge on any atom is 0.255 e. The van der Waals surface area contributed by atoms with Gasteiger partial charge in [-0.1, -0.05) is 26.0 Å². The molecule has 1 fully saturated rings. The van der Waals surface area contributed by atoms with Crippen LogP contribution in [0.3, 0.4) is 0 Å². The van der Waals surface area contributed by atoms with Gasteiger partial charge in [0.15, 0.2) is 12.2 Å². The second-order valence-corrected chi connectivity index (χ2v) is 10.9. The highest BCUT2D eigenvalue weighted by Gasteiger charge is 2.52. The molecule has 2 aromatic heterocycles. The summed E-state index contributed by atoms with van der Waals surface area (Å²) in [7, 11) is 0. The van der Waals surface area contributed by atoms with Gasteiger partial charge in [0, 0.05) is 30.5 Å². The minimum absolute atomic E-state index is 0.208. The van der Waals surface area contributed by atoms with E-state index in [0.717, 1.165) is 16.3 Å². The number of carbonyl (C=O) groups excluding carboxylic acids is 2. The van der Waals surface area contributed by atoms with Gasteiger partial charge in [-0.2, -0.15) is 5.10 Å². The Morgan fingerprint density at radius 3 is 2.43 bits per heavy atom. The van der Waals surface area contributed by atoms with Crippen molar-refractivity contribution in [3.05, 3.63) is 64.9 Å². The first-order valence-corrected chi connectivity index (χ1v) is 12.4. The predicted octanol–water partition coefficient (Wildman–Crippen LogP) is 2.40. The van der Waals surface area contributed by atoms with Gasteiger partial charge in [0.05, 0.1) is 17.3 Å². The fourth-order valence-electron chi connectivity index (χ4n) is 4.84. The van der Waals surface area contributed by atoms with E-state index in [0.29, 0.717) is 13.0 Å². The molecule has 0 saturated carbocycles. The van der Waals surface area contributed by atoms with Crippen LogP contribution in [0.2, 0.25) is 0 Å². The summed E-state index contributed by atoms with van der Waals surface area (Å²) in [6, 6.07) is 8.82. The largest absolute Gasteiger partial charge is 0.380 e. The number of nitrogens with one attached hydrogen (secondary N) is 1. The van der Waals surface area contributed by atoms with Crippen molar-refractivity contribution in [2.24, 2.45) is 5.41 Å². The summed E-state index contributed by atoms with van der Waals surface area (Å²) >= 11 is 1.44. The molecule has 3 heterocycles. The molecule has 10 heteroatoms. The molecule has 1 aromatic carbocycles. The van der Waals surface area contributed by atoms with Crippen LogP contribution in [-0.4, -0.2) is 60.4 Å². The first-order valence-electron chi connectivity index (χ1n) is 11.5. The minimum atomic E-state index is -1.91. The number of benzene rings is 1. The summed E-state index contributed by atoms with van der Waals surface area (Å²) in [5.41, 5.74) is 0.741. The second kappa shape index (κ2) is 9.52. The summed E-state index contributed by atoms with van der Waals surface area (Å²) in [6.45, 7) is 8.14. The molecular formula is C25H31N5O4S. The number of hydrogen-bond donors (Lipinski definition) is 3. The normalized spacial score (nSPS) is 21.9. The average Bonchev–Trinajstić information content (AvgIpc) is 3.59. The highest BCUT2D eigenvalue weighted by Crippen LogP contribution is 2.48. The summed E-state index contributed by atoms with van der Waals surface area (Å²) < 4.78 is 1.72. The minimum Gasteiger partial charge on any atom is -0.380 e. The van der Waals surface area contributed by atoms with Gasteiger partial charge in [-0.15, -0.1) is 11.3 Å². The Kier molecular flexibility index (Phi) is 6.81. The van der Waals surface area contributed by atoms with E-state index in [1.54, 1.807) is 28.9 Å². The maximum atomic E-state index is 13.3. The Balaban J connectivity index is 1.43. The molecule has 3 aromatic rings. The van der Waals surface area contributed by atoms with Gasteiger partial charge < -0.3 is 20.4 Å². The molecule has 1 aliphatic rings. The Labute approximate surface area is 208 Å². The summed E-state index contributed by atoms with van der Waals surface area (Å²) in [4.78, 5) is 32.0. The predicted molar refractivity (Wildman–Crippen MR) is 132 cm³/mol. The van der Waals surface area contributed by atoms with Crippen LogP contribution in [0, 0.1) is 5.41 Å². The number of nitrogens with zero attached hydrogens (tertiary/aromatic N) is 4. The van der Waals surface area contributed by atoms with E-state index in [2.05, 4.69) is 15.4 Å². The summed E-state index contributed by atoms with van der Waals surface area (Å²) in [6.07, 6.45) is 2.06. The van der Waals surface area contributed by atoms with Crippen molar-refractivity contribution < 1.29 is 19.8 Å². The van der Waals surface area contributed by atoms with Crippen LogP contribution in [0.5, 0.6) is 0 Å². The zero-order valence-electron chi connectivity index (χ0n) is 20.3. The Hall–Kier alpha value is -3.08. The number of amides is 2. The monoisotopic (exact) mass is 497 g/mol. The van der Waals surface area contributed by atoms with Crippen LogP contribution < -0.4 is 5.32 Å². The Morgan fingerprint density at radius 1 is 1.11 bits per heavy atom. The zero-order valence-corrected chi connectivity index (χ0v) is 21.1. The van der Waals surface area contributed by atoms with Crippen molar-refractivity contribution in [2.75, 3.05) is 6.54 Å². The lowest BCUT2D eigenvalue weighted by molar-refractivity contribution is -0.156. The van der Waals surface area contributed by atoms with Crippen molar-refractivity contribution in [3.63, 3.8) is 0 Å². The van der Waals surface area contributed by atoms with E-state index in [9.17, 15) is 19.8 Å². The van der Waals surface area contributed by atoms with Gasteiger partial charge in [-0.05, 0) is 49.4 Å². The number of rotatable bonds is 7. The molecule has 0 radical (unpaired) electrons. The third-order valence-corrected chi connectivity index (χ3v) is 7.53. The molecule has 4 rings (SSSR count). The number of carbonyl (C=O) groups is 2. The topological polar surface area (TPSA) is 121 Å². The van der Waals surface area contributed by atoms with Crippen LogP contribution in [-0.2, 0) is 15.1 Å². The molecule has 1 saturated heterocycles. The molecule has 186 valence electrons. The van der Waals surface area contributed by atoms with E-state index in [4.69, 9.17) is 0 Å². The molecule has 0 spiro atoms. The van der Waals surface area contributed by atoms with Crippen molar-refractivity contribution in [2.45, 2.75) is 57.9 Å². The van der Waals surface area contributed by atoms with E-state index in [1.165, 1.54) is 11.3 Å². The quantitative estimate of drug-likeness (QED) is 0.461. The second-order valence-electron chi connectivity index (χ2n) is 10.0. The van der Waals surface area contributed by atoms with Crippen LogP contribution in [0.4, 0.5) is 0 Å². The van der Waals surface area contributed by atoms with Crippen LogP contribution >= 0.6 is 11.3 Å². The highest BCUT2D eigenvalue weighted by molar-refractivity contribution is 7.09. The van der Waals surface area contributed by atoms with E-state index in [-0.39, 0.29) is 5.41 Å². The third-order valence-electron chi connectivity index (χ3n) is 6.51. The lowest BCUT2D eigenvalue weighted by Gasteiger charge is -2.35. The third kappa shape index (κ3) is 5.00.